The van der Waals surface area contributed by atoms with Gasteiger partial charge in [-0.2, -0.15) is 0 Å². The van der Waals surface area contributed by atoms with Crippen molar-refractivity contribution in [1.29, 1.82) is 0 Å². The fourth-order valence-corrected chi connectivity index (χ4v) is 15.8. The number of aryl methyl sites for hydroxylation is 2. The molecule has 33 heteroatoms. The molecular formula is C111H165N31O2. The first-order valence-corrected chi connectivity index (χ1v) is 52.3. The average Bonchev–Trinajstić information content (AvgIpc) is 1.43. The molecule has 0 aliphatic carbocycles. The minimum atomic E-state index is 0.323. The minimum absolute atomic E-state index is 0.323. The summed E-state index contributed by atoms with van der Waals surface area (Å²) >= 11 is 0. The van der Waals surface area contributed by atoms with Crippen molar-refractivity contribution in [2.24, 2.45) is 5.92 Å². The molecule has 0 aromatic carbocycles. The van der Waals surface area contributed by atoms with Crippen molar-refractivity contribution in [3.63, 3.8) is 0 Å². The lowest BCUT2D eigenvalue weighted by molar-refractivity contribution is -0.00389. The maximum atomic E-state index is 5.29. The Bertz CT molecular complexity index is 5460. The third kappa shape index (κ3) is 37.0. The van der Waals surface area contributed by atoms with Crippen LogP contribution in [0.2, 0.25) is 0 Å². The Hall–Kier alpha value is -12.5. The molecule has 6 aliphatic rings. The van der Waals surface area contributed by atoms with E-state index in [0.717, 1.165) is 219 Å². The topological polar surface area (TPSA) is 328 Å². The third-order valence-electron chi connectivity index (χ3n) is 25.5. The predicted octanol–water partition coefficient (Wildman–Crippen LogP) is 21.5. The van der Waals surface area contributed by atoms with E-state index in [0.29, 0.717) is 64.8 Å². The Labute approximate surface area is 858 Å². The molecule has 0 N–H and O–H groups in total. The first-order chi connectivity index (χ1) is 69.2. The second-order valence-electron chi connectivity index (χ2n) is 41.2. The number of anilines is 5. The van der Waals surface area contributed by atoms with E-state index in [-0.39, 0.29) is 0 Å². The van der Waals surface area contributed by atoms with Crippen LogP contribution in [0.1, 0.15) is 339 Å². The number of imidazole rings is 3. The van der Waals surface area contributed by atoms with Gasteiger partial charge >= 0.3 is 0 Å². The highest BCUT2D eigenvalue weighted by Gasteiger charge is 2.25. The molecule has 1 unspecified atom stereocenters. The minimum Gasteiger partial charge on any atom is -0.379 e. The molecule has 0 amide bonds. The summed E-state index contributed by atoms with van der Waals surface area (Å²) in [5.41, 5.74) is 10.7. The number of rotatable bonds is 18. The van der Waals surface area contributed by atoms with Crippen molar-refractivity contribution in [2.75, 3.05) is 123 Å². The van der Waals surface area contributed by atoms with Gasteiger partial charge in [-0.25, -0.2) is 59.8 Å². The maximum Gasteiger partial charge on any atom is 0.156 e. The highest BCUT2D eigenvalue weighted by atomic mass is 16.5. The van der Waals surface area contributed by atoms with Crippen LogP contribution in [-0.2, 0) is 9.47 Å². The lowest BCUT2D eigenvalue weighted by Gasteiger charge is -2.38. The molecule has 0 saturated carbocycles. The average molecular weight is 1970 g/mol. The molecular weight excluding hydrogens is 1800 g/mol. The van der Waals surface area contributed by atoms with E-state index in [4.69, 9.17) is 9.47 Å². The Morgan fingerprint density at radius 3 is 0.903 bits per heavy atom. The first kappa shape index (κ1) is 113. The summed E-state index contributed by atoms with van der Waals surface area (Å²) in [5.74, 6) is 14.1. The highest BCUT2D eigenvalue weighted by Crippen LogP contribution is 2.28. The molecule has 13 aromatic heterocycles. The summed E-state index contributed by atoms with van der Waals surface area (Å²) in [6.07, 6.45) is 62.9. The molecule has 33 nitrogen and oxygen atoms in total. The van der Waals surface area contributed by atoms with Crippen LogP contribution < -0.4 is 24.5 Å². The van der Waals surface area contributed by atoms with Gasteiger partial charge in [0.2, 0.25) is 0 Å². The monoisotopic (exact) mass is 1960 g/mol. The largest absolute Gasteiger partial charge is 0.379 e. The van der Waals surface area contributed by atoms with Gasteiger partial charge in [0, 0.05) is 127 Å². The van der Waals surface area contributed by atoms with Crippen LogP contribution in [0.5, 0.6) is 0 Å². The van der Waals surface area contributed by atoms with E-state index in [1.165, 1.54) is 64.2 Å². The van der Waals surface area contributed by atoms with E-state index in [9.17, 15) is 0 Å². The van der Waals surface area contributed by atoms with Crippen molar-refractivity contribution in [2.45, 2.75) is 302 Å². The van der Waals surface area contributed by atoms with Gasteiger partial charge < -0.3 is 38.5 Å². The normalized spacial score (nSPS) is 15.6. The zero-order chi connectivity index (χ0) is 104. The van der Waals surface area contributed by atoms with Crippen LogP contribution in [0, 0.1) is 19.8 Å². The van der Waals surface area contributed by atoms with Gasteiger partial charge in [0.25, 0.3) is 0 Å². The third-order valence-corrected chi connectivity index (χ3v) is 25.5. The summed E-state index contributed by atoms with van der Waals surface area (Å²) in [4.78, 5) is 106. The number of aromatic nitrogens is 25. The lowest BCUT2D eigenvalue weighted by Crippen LogP contribution is -2.47. The van der Waals surface area contributed by atoms with Gasteiger partial charge in [0.1, 0.15) is 47.6 Å². The fraction of sp³-hybridized carbons (Fsp3) is 0.559. The van der Waals surface area contributed by atoms with Crippen LogP contribution in [0.15, 0.2) is 180 Å². The van der Waals surface area contributed by atoms with Gasteiger partial charge in [0.15, 0.2) is 23.3 Å². The molecule has 6 aliphatic heterocycles. The van der Waals surface area contributed by atoms with Crippen LogP contribution in [0.25, 0.3) is 23.3 Å². The first-order valence-electron chi connectivity index (χ1n) is 52.3. The van der Waals surface area contributed by atoms with Crippen LogP contribution in [0.3, 0.4) is 0 Å². The quantitative estimate of drug-likeness (QED) is 0.0770. The Kier molecular flexibility index (Phi) is 46.1. The molecule has 19 heterocycles. The molecule has 6 fully saturated rings. The fourth-order valence-electron chi connectivity index (χ4n) is 15.8. The van der Waals surface area contributed by atoms with E-state index in [2.05, 4.69) is 293 Å². The van der Waals surface area contributed by atoms with Crippen molar-refractivity contribution in [3.8, 4) is 23.3 Å². The number of hydrogen-bond donors (Lipinski definition) is 0. The predicted molar refractivity (Wildman–Crippen MR) is 579 cm³/mol. The molecule has 0 bridgehead atoms. The van der Waals surface area contributed by atoms with E-state index in [1.54, 1.807) is 56.0 Å². The zero-order valence-corrected chi connectivity index (χ0v) is 91.0. The van der Waals surface area contributed by atoms with E-state index >= 15 is 0 Å². The van der Waals surface area contributed by atoms with E-state index in [1.807, 2.05) is 156 Å². The standard InChI is InChI=1S/2C13H21N3.C12H19N3.2C11H14N4.C11H17N3O.C11H17N3.C11H13N3.C10H12N4.C8H17NO/c1-10(2)12-8-15-13(9-14-12)16-6-4-11(3)5-7-16;1-10(2)12-8-15-13(9-14-12)16-7-5-4-6-11(16)3;1-10(2)11-8-14-12(9-13-11)15-6-4-3-5-7-15;1-8(2)10-4-13-11(5-12-10)15-6-9(3)14-7-15;1-8(2)10-6-14-11(7-13-10)15-5-4-12-9(15)3;1-9(2)10-7-13-11(8-12-10)14-3-5-15-6-4-14;2*1-9(2)10-7-13-11(8-12-10)14-5-3-4-6-14;1-8(2)9-5-13-10(6-12-9)14-4-3-11-7-14;1-8(2,3)9-4-6-10-7-5-9/h2*8-11H,4-7H2,1-3H3;8-10H,3-7H2,1-2H3;2*4-8H,1-3H3;7-9H,3-6H2,1-2H3;7-9H,3-6H2,1-2H3;3-9H,1-2H3;3-8H,1-2H3;4-7H2,1-3H3. The molecule has 144 heavy (non-hydrogen) atoms. The molecule has 19 rings (SSSR count). The van der Waals surface area contributed by atoms with Gasteiger partial charge in [0.05, 0.1) is 195 Å². The van der Waals surface area contributed by atoms with Crippen molar-refractivity contribution < 1.29 is 9.47 Å². The maximum absolute atomic E-state index is 5.29. The van der Waals surface area contributed by atoms with Gasteiger partial charge in [-0.05, 0) is 177 Å². The second kappa shape index (κ2) is 58.5. The Balaban J connectivity index is 0.000000164. The number of ether oxygens (including phenoxy) is 2. The lowest BCUT2D eigenvalue weighted by atomic mass is 9.99. The van der Waals surface area contributed by atoms with Gasteiger partial charge in [-0.15, -0.1) is 0 Å². The van der Waals surface area contributed by atoms with Crippen molar-refractivity contribution >= 4 is 29.1 Å². The summed E-state index contributed by atoms with van der Waals surface area (Å²) in [6.45, 7) is 68.7. The Morgan fingerprint density at radius 2 is 0.597 bits per heavy atom. The van der Waals surface area contributed by atoms with Crippen LogP contribution >= 0.6 is 0 Å². The number of nitrogens with zero attached hydrogens (tertiary/aromatic N) is 31. The number of hydrogen-bond acceptors (Lipinski definition) is 29. The summed E-state index contributed by atoms with van der Waals surface area (Å²) in [7, 11) is 0. The highest BCUT2D eigenvalue weighted by molar-refractivity contribution is 5.41. The molecule has 0 radical (unpaired) electrons. The summed E-state index contributed by atoms with van der Waals surface area (Å²) in [6, 6.07) is 4.55. The SMILES string of the molecule is CC(C)(C)N1CCOCC1.CC(C)c1cnc(-n2cccc2)cn1.CC(C)c1cnc(-n2ccnc2)cn1.CC(C)c1cnc(N2CCCC2)cn1.CC(C)c1cnc(N2CCCCC2)cn1.CC(C)c1cnc(N2CCCCC2C)cn1.CC(C)c1cnc(N2CCOCC2)cn1.CC1CCN(c2cnc(C(C)C)cn2)CC1.Cc1cn(-c2cnc(C(C)C)cn2)cn1.Cc1nccn1-c1cnc(C(C)C)cn1. The zero-order valence-electron chi connectivity index (χ0n) is 91.0. The molecule has 1 atom stereocenters. The molecule has 13 aromatic rings. The molecule has 6 saturated heterocycles. The summed E-state index contributed by atoms with van der Waals surface area (Å²) in [5, 5.41) is 0. The van der Waals surface area contributed by atoms with Crippen LogP contribution in [0.4, 0.5) is 29.1 Å². The van der Waals surface area contributed by atoms with Crippen molar-refractivity contribution in [1.82, 2.24) is 128 Å². The van der Waals surface area contributed by atoms with Gasteiger partial charge in [-0.3, -0.25) is 63.5 Å². The van der Waals surface area contributed by atoms with Gasteiger partial charge in [-0.1, -0.05) is 132 Å². The Morgan fingerprint density at radius 1 is 0.278 bits per heavy atom. The summed E-state index contributed by atoms with van der Waals surface area (Å²) < 4.78 is 18.1. The number of morpholine rings is 2. The number of piperidine rings is 3. The molecule has 0 spiro atoms. The van der Waals surface area contributed by atoms with E-state index < -0.39 is 0 Å². The van der Waals surface area contributed by atoms with Crippen LogP contribution in [-0.4, -0.2) is 238 Å². The smallest absolute Gasteiger partial charge is 0.156 e. The van der Waals surface area contributed by atoms with Crippen molar-refractivity contribution in [3.05, 3.63) is 242 Å². The second-order valence-corrected chi connectivity index (χ2v) is 41.2. The molecule has 776 valence electrons.